The Morgan fingerprint density at radius 3 is 1.02 bits per heavy atom. The first-order chi connectivity index (χ1) is 59.3. The van der Waals surface area contributed by atoms with E-state index in [4.69, 9.17) is 41.4 Å². The van der Waals surface area contributed by atoms with Crippen LogP contribution in [0.1, 0.15) is 126 Å². The molecular weight excluding hydrogens is 1540 g/mol. The van der Waals surface area contributed by atoms with Crippen LogP contribution in [0, 0.1) is 0 Å². The van der Waals surface area contributed by atoms with Crippen molar-refractivity contribution in [3.05, 3.63) is 236 Å². The molecule has 3 saturated heterocycles. The van der Waals surface area contributed by atoms with Gasteiger partial charge in [-0.05, 0) is 181 Å². The fourth-order valence-corrected chi connectivity index (χ4v) is 17.4. The van der Waals surface area contributed by atoms with Gasteiger partial charge < -0.3 is 59.8 Å². The number of nitrogens with two attached hydrogens (primary N) is 3. The monoisotopic (exact) mass is 1640 g/mol. The number of para-hydroxylation sites is 3. The highest BCUT2D eigenvalue weighted by molar-refractivity contribution is 6.05. The molecule has 3 aliphatic heterocycles. The molecule has 630 valence electrons. The van der Waals surface area contributed by atoms with Crippen molar-refractivity contribution in [2.45, 2.75) is 134 Å². The van der Waals surface area contributed by atoms with Crippen LogP contribution in [0.5, 0.6) is 34.5 Å². The minimum Gasteiger partial charge on any atom is -0.457 e. The number of ether oxygens (including phenoxy) is 3. The van der Waals surface area contributed by atoms with E-state index in [9.17, 15) is 23.2 Å². The van der Waals surface area contributed by atoms with Gasteiger partial charge >= 0.3 is 0 Å². The van der Waals surface area contributed by atoms with Crippen molar-refractivity contribution in [3.8, 4) is 67.9 Å². The molecule has 6 aromatic heterocycles. The van der Waals surface area contributed by atoms with E-state index < -0.39 is 6.43 Å². The van der Waals surface area contributed by atoms with Crippen LogP contribution in [0.25, 0.3) is 66.5 Å². The second-order valence-electron chi connectivity index (χ2n) is 32.9. The number of nitrogens with zero attached hydrogens (tertiary/aromatic N) is 15. The molecule has 24 nitrogen and oxygen atoms in total. The predicted octanol–water partition coefficient (Wildman–Crippen LogP) is 17.3. The number of fused-ring (bicyclic) bond motifs is 3. The highest BCUT2D eigenvalue weighted by atomic mass is 19.3. The second kappa shape index (κ2) is 37.1. The molecule has 26 heteroatoms. The van der Waals surface area contributed by atoms with Gasteiger partial charge in [0, 0.05) is 123 Å². The number of nitrogen functional groups attached to an aromatic ring is 3. The lowest BCUT2D eigenvalue weighted by molar-refractivity contribution is -0.125. The van der Waals surface area contributed by atoms with Crippen LogP contribution in [0.2, 0.25) is 0 Å². The number of alkyl halides is 2. The van der Waals surface area contributed by atoms with E-state index >= 15 is 0 Å². The first-order valence-corrected chi connectivity index (χ1v) is 42.5. The number of aromatic nitrogens is 9. The van der Waals surface area contributed by atoms with Crippen molar-refractivity contribution in [3.63, 3.8) is 0 Å². The highest BCUT2D eigenvalue weighted by Crippen LogP contribution is 2.48. The summed E-state index contributed by atoms with van der Waals surface area (Å²) in [6.07, 6.45) is 23.0. The summed E-state index contributed by atoms with van der Waals surface area (Å²) in [5.74, 6) is 5.65. The number of hydrogen-bond acceptors (Lipinski definition) is 18. The third kappa shape index (κ3) is 18.6. The standard InChI is InChI=1S/C33H38N6O2.C32H36N6O2.C31H32F2N6O2/c1-22(2)31-29(23-11-15-27(16-12-23)41-26-8-5-4-6-9-26)30-32(34)35-21-36-33(30)39(31)25-17-19-38(20-25)28(40)10-7-18-37(3)24-13-14-24;1-3-27-29(22-11-15-26(16-12-22)40-25-8-5-4-6-9-25)30-31(33)34-21-35-32(30)38(27)24-17-19-37(20-24)28(39)10-7-18-36(2)23-13-14-23;1-37(21-11-12-21)16-5-8-25(40)38-17-15-22(18-38)39-28(29(32)33)26(27-30(34)35-19-36-31(27)39)20-9-13-24(14-10-20)41-23-6-3-2-4-7-23/h4-12,15-16,21-22,24-25H,13-14,17-20H2,1-3H3,(H2,34,35,36);4-12,15-16,21,23-24H,3,13-14,17-20H2,1-2H3,(H2,33,34,35);2-10,13-14,19,21-22,29H,11-12,15-18H2,1H3,(H2,34,35,36)/b2*10-7+;8-5+/t25-;24-;22-/m111/s1. The summed E-state index contributed by atoms with van der Waals surface area (Å²) in [6.45, 7) is 12.4. The maximum atomic E-state index is 14.9. The third-order valence-electron chi connectivity index (χ3n) is 24.1. The summed E-state index contributed by atoms with van der Waals surface area (Å²) in [4.78, 5) is 78.1. The van der Waals surface area contributed by atoms with Crippen molar-refractivity contribution < 1.29 is 37.4 Å². The van der Waals surface area contributed by atoms with Crippen molar-refractivity contribution >= 4 is 68.3 Å². The summed E-state index contributed by atoms with van der Waals surface area (Å²) in [7, 11) is 6.30. The maximum absolute atomic E-state index is 14.9. The van der Waals surface area contributed by atoms with Crippen molar-refractivity contribution in [1.82, 2.24) is 73.0 Å². The van der Waals surface area contributed by atoms with Crippen LogP contribution < -0.4 is 31.4 Å². The predicted molar refractivity (Wildman–Crippen MR) is 475 cm³/mol. The van der Waals surface area contributed by atoms with Gasteiger partial charge in [0.2, 0.25) is 17.7 Å². The average Bonchev–Trinajstić information content (AvgIpc) is 1.59. The van der Waals surface area contributed by atoms with Gasteiger partial charge in [-0.15, -0.1) is 0 Å². The van der Waals surface area contributed by atoms with Crippen LogP contribution in [0.15, 0.2) is 219 Å². The van der Waals surface area contributed by atoms with Crippen molar-refractivity contribution in [1.29, 1.82) is 0 Å². The summed E-state index contributed by atoms with van der Waals surface area (Å²) in [6, 6.07) is 53.8. The molecule has 6 fully saturated rings. The topological polar surface area (TPSA) is 269 Å². The van der Waals surface area contributed by atoms with E-state index in [0.29, 0.717) is 109 Å². The average molecular weight is 1650 g/mol. The summed E-state index contributed by atoms with van der Waals surface area (Å²) < 4.78 is 53.9. The largest absolute Gasteiger partial charge is 0.457 e. The number of halogens is 2. The SMILES string of the molecule is CC(C)c1c(-c2ccc(Oc3ccccc3)cc2)c2c(N)ncnc2n1[C@@H]1CCN(C(=O)/C=C/CN(C)C2CC2)C1.CCc1c(-c2ccc(Oc3ccccc3)cc2)c2c(N)ncnc2n1[C@@H]1CCN(C(=O)/C=C/CN(C)C2CC2)C1.CN(C/C=C/C(=O)N1CC[C@@H](n2c(C(F)F)c(-c3ccc(Oc4ccccc4)cc3)c3c(N)ncnc32)C1)C1CC1. The molecule has 3 atom stereocenters. The smallest absolute Gasteiger partial charge is 0.279 e. The lowest BCUT2D eigenvalue weighted by atomic mass is 9.97. The molecule has 3 saturated carbocycles. The normalized spacial score (nSPS) is 17.4. The number of carbonyl (C=O) groups excluding carboxylic acids is 3. The van der Waals surface area contributed by atoms with E-state index in [1.165, 1.54) is 57.5 Å². The molecule has 0 radical (unpaired) electrons. The molecule has 6 N–H and O–H groups in total. The van der Waals surface area contributed by atoms with Crippen molar-refractivity contribution in [2.24, 2.45) is 0 Å². The maximum Gasteiger partial charge on any atom is 0.279 e. The minimum absolute atomic E-state index is 0.0719. The number of carbonyl (C=O) groups is 3. The molecule has 122 heavy (non-hydrogen) atoms. The Balaban J connectivity index is 0.000000136. The molecule has 18 rings (SSSR count). The van der Waals surface area contributed by atoms with E-state index in [-0.39, 0.29) is 53.3 Å². The number of likely N-dealkylation sites (N-methyl/N-ethyl adjacent to an activating group) is 3. The van der Waals surface area contributed by atoms with Gasteiger partial charge in [-0.25, -0.2) is 38.7 Å². The quantitative estimate of drug-likeness (QED) is 0.0404. The number of rotatable bonds is 27. The van der Waals surface area contributed by atoms with Gasteiger partial charge in [-0.3, -0.25) is 29.1 Å². The van der Waals surface area contributed by atoms with Crippen LogP contribution in [0.4, 0.5) is 26.2 Å². The number of likely N-dealkylation sites (tertiary alicyclic amines) is 3. The van der Waals surface area contributed by atoms with E-state index in [2.05, 4.69) is 110 Å². The van der Waals surface area contributed by atoms with Gasteiger partial charge in [0.25, 0.3) is 6.43 Å². The first kappa shape index (κ1) is 83.0. The minimum atomic E-state index is -2.80. The Morgan fingerprint density at radius 1 is 0.410 bits per heavy atom. The van der Waals surface area contributed by atoms with E-state index in [1.807, 2.05) is 143 Å². The van der Waals surface area contributed by atoms with Crippen LogP contribution in [-0.2, 0) is 20.8 Å². The lowest BCUT2D eigenvalue weighted by Gasteiger charge is -2.21. The zero-order valence-electron chi connectivity index (χ0n) is 70.0. The number of benzene rings is 6. The Labute approximate surface area is 709 Å². The lowest BCUT2D eigenvalue weighted by Crippen LogP contribution is -2.28. The van der Waals surface area contributed by atoms with Crippen LogP contribution in [0.3, 0.4) is 0 Å². The fourth-order valence-electron chi connectivity index (χ4n) is 17.4. The molecule has 3 aliphatic carbocycles. The first-order valence-electron chi connectivity index (χ1n) is 42.5. The highest BCUT2D eigenvalue weighted by Gasteiger charge is 2.38. The van der Waals surface area contributed by atoms with E-state index in [0.717, 1.165) is 118 Å². The zero-order chi connectivity index (χ0) is 84.7. The van der Waals surface area contributed by atoms with Gasteiger partial charge in [0.1, 0.15) is 87.9 Å². The molecule has 3 amide bonds. The fraction of sp³-hybridized carbons (Fsp3) is 0.344. The van der Waals surface area contributed by atoms with Crippen LogP contribution >= 0.6 is 0 Å². The second-order valence-corrected chi connectivity index (χ2v) is 32.9. The van der Waals surface area contributed by atoms with Gasteiger partial charge in [-0.1, -0.05) is 130 Å². The number of anilines is 3. The molecule has 6 aliphatic rings. The number of amides is 3. The van der Waals surface area contributed by atoms with Gasteiger partial charge in [0.15, 0.2) is 0 Å². The zero-order valence-corrected chi connectivity index (χ0v) is 70.0. The molecule has 0 bridgehead atoms. The van der Waals surface area contributed by atoms with Gasteiger partial charge in [0.05, 0.1) is 40.0 Å². The van der Waals surface area contributed by atoms with Crippen LogP contribution in [-0.4, -0.2) is 189 Å². The number of hydrogen-bond donors (Lipinski definition) is 3. The van der Waals surface area contributed by atoms with Gasteiger partial charge in [-0.2, -0.15) is 0 Å². The Kier molecular flexibility index (Phi) is 25.3. The summed E-state index contributed by atoms with van der Waals surface area (Å²) in [5, 5.41) is 2.11. The Morgan fingerprint density at radius 2 is 0.705 bits per heavy atom. The summed E-state index contributed by atoms with van der Waals surface area (Å²) in [5.41, 5.74) is 28.4. The Hall–Kier alpha value is -12.7. The molecule has 0 spiro atoms. The summed E-state index contributed by atoms with van der Waals surface area (Å²) >= 11 is 0. The molecule has 12 aromatic rings. The Bertz CT molecular complexity index is 5540. The molecule has 0 unspecified atom stereocenters. The third-order valence-corrected chi connectivity index (χ3v) is 24.1. The molecular formula is C96H106F2N18O6. The van der Waals surface area contributed by atoms with E-state index in [1.54, 1.807) is 52.0 Å². The van der Waals surface area contributed by atoms with Crippen molar-refractivity contribution in [2.75, 3.05) is 97.2 Å². The molecule has 6 aromatic carbocycles. The molecule has 9 heterocycles.